The largest absolute Gasteiger partial charge is 0.396 e. The summed E-state index contributed by atoms with van der Waals surface area (Å²) in [5.74, 6) is 2.80. The smallest absolute Gasteiger partial charge is 0.0436 e. The fourth-order valence-electron chi connectivity index (χ4n) is 5.58. The third-order valence-electron chi connectivity index (χ3n) is 6.73. The van der Waals surface area contributed by atoms with Crippen LogP contribution in [0.2, 0.25) is 0 Å². The van der Waals surface area contributed by atoms with Crippen LogP contribution >= 0.6 is 0 Å². The van der Waals surface area contributed by atoms with E-state index in [1.807, 2.05) is 0 Å². The zero-order valence-electron chi connectivity index (χ0n) is 12.9. The summed E-state index contributed by atoms with van der Waals surface area (Å²) in [6, 6.07) is 0. The van der Waals surface area contributed by atoms with Gasteiger partial charge in [0.05, 0.1) is 0 Å². The van der Waals surface area contributed by atoms with Gasteiger partial charge in [-0.15, -0.1) is 0 Å². The van der Waals surface area contributed by atoms with Gasteiger partial charge in [0.2, 0.25) is 0 Å². The number of hydrogen-bond acceptors (Lipinski definition) is 1. The fourth-order valence-corrected chi connectivity index (χ4v) is 5.58. The molecule has 0 aromatic carbocycles. The van der Waals surface area contributed by atoms with Crippen molar-refractivity contribution in [3.8, 4) is 0 Å². The van der Waals surface area contributed by atoms with E-state index < -0.39 is 0 Å². The standard InChI is InChI=1S/C18H28O/c1-11-10-14-13(8-9-19)7-6-12(2)18(14,5)16-15(11)17(16,3)4/h10,12-13,15-16,19H,1,6-9H2,2-5H3. The number of fused-ring (bicyclic) bond motifs is 3. The molecular weight excluding hydrogens is 232 g/mol. The summed E-state index contributed by atoms with van der Waals surface area (Å²) in [5.41, 5.74) is 3.71. The molecule has 0 aromatic rings. The van der Waals surface area contributed by atoms with E-state index in [0.29, 0.717) is 29.3 Å². The molecule has 3 rings (SSSR count). The van der Waals surface area contributed by atoms with Crippen LogP contribution in [0.4, 0.5) is 0 Å². The molecule has 2 saturated carbocycles. The van der Waals surface area contributed by atoms with Gasteiger partial charge in [0.25, 0.3) is 0 Å². The van der Waals surface area contributed by atoms with E-state index in [-0.39, 0.29) is 0 Å². The van der Waals surface area contributed by atoms with E-state index in [9.17, 15) is 5.11 Å². The minimum absolute atomic E-state index is 0.316. The van der Waals surface area contributed by atoms with Gasteiger partial charge < -0.3 is 5.11 Å². The molecule has 0 aliphatic heterocycles. The lowest BCUT2D eigenvalue weighted by Crippen LogP contribution is -2.41. The molecule has 5 atom stereocenters. The second-order valence-electron chi connectivity index (χ2n) is 7.92. The fraction of sp³-hybridized carbons (Fsp3) is 0.778. The zero-order chi connectivity index (χ0) is 14.0. The number of aliphatic hydroxyl groups excluding tert-OH is 1. The molecule has 0 spiro atoms. The second kappa shape index (κ2) is 3.97. The van der Waals surface area contributed by atoms with Crippen molar-refractivity contribution in [2.24, 2.45) is 34.5 Å². The maximum Gasteiger partial charge on any atom is 0.0436 e. The van der Waals surface area contributed by atoms with Crippen LogP contribution < -0.4 is 0 Å². The van der Waals surface area contributed by atoms with Crippen molar-refractivity contribution in [1.82, 2.24) is 0 Å². The monoisotopic (exact) mass is 260 g/mol. The van der Waals surface area contributed by atoms with E-state index in [1.54, 1.807) is 5.57 Å². The van der Waals surface area contributed by atoms with Gasteiger partial charge in [0.15, 0.2) is 0 Å². The predicted molar refractivity (Wildman–Crippen MR) is 79.7 cm³/mol. The Morgan fingerprint density at radius 2 is 2.00 bits per heavy atom. The van der Waals surface area contributed by atoms with Gasteiger partial charge in [0.1, 0.15) is 0 Å². The van der Waals surface area contributed by atoms with Crippen molar-refractivity contribution in [1.29, 1.82) is 0 Å². The first-order chi connectivity index (χ1) is 8.85. The van der Waals surface area contributed by atoms with Gasteiger partial charge >= 0.3 is 0 Å². The third kappa shape index (κ3) is 1.57. The van der Waals surface area contributed by atoms with Gasteiger partial charge in [-0.2, -0.15) is 0 Å². The van der Waals surface area contributed by atoms with Crippen molar-refractivity contribution in [3.63, 3.8) is 0 Å². The molecule has 5 unspecified atom stereocenters. The van der Waals surface area contributed by atoms with E-state index in [1.165, 1.54) is 18.4 Å². The van der Waals surface area contributed by atoms with Gasteiger partial charge in [0, 0.05) is 6.61 Å². The number of hydrogen-bond donors (Lipinski definition) is 1. The third-order valence-corrected chi connectivity index (χ3v) is 6.73. The van der Waals surface area contributed by atoms with Crippen LogP contribution in [0.5, 0.6) is 0 Å². The lowest BCUT2D eigenvalue weighted by Gasteiger charge is -2.49. The summed E-state index contributed by atoms with van der Waals surface area (Å²) >= 11 is 0. The second-order valence-corrected chi connectivity index (χ2v) is 7.92. The van der Waals surface area contributed by atoms with Crippen molar-refractivity contribution < 1.29 is 5.11 Å². The molecule has 1 heteroatoms. The average Bonchev–Trinajstić information content (AvgIpc) is 2.92. The first-order valence-corrected chi connectivity index (χ1v) is 7.86. The summed E-state index contributed by atoms with van der Waals surface area (Å²) in [6.45, 7) is 14.4. The van der Waals surface area contributed by atoms with Gasteiger partial charge in [-0.05, 0) is 53.8 Å². The maximum absolute atomic E-state index is 9.35. The molecule has 0 radical (unpaired) electrons. The van der Waals surface area contributed by atoms with Crippen LogP contribution in [-0.4, -0.2) is 11.7 Å². The van der Waals surface area contributed by atoms with Crippen molar-refractivity contribution in [2.45, 2.75) is 47.0 Å². The minimum atomic E-state index is 0.316. The summed E-state index contributed by atoms with van der Waals surface area (Å²) in [6.07, 6.45) is 5.89. The molecule has 1 nitrogen and oxygen atoms in total. The maximum atomic E-state index is 9.35. The average molecular weight is 260 g/mol. The normalized spacial score (nSPS) is 47.2. The molecule has 0 amide bonds. The molecule has 0 aromatic heterocycles. The number of aliphatic hydroxyl groups is 1. The molecule has 3 aliphatic rings. The van der Waals surface area contributed by atoms with Crippen LogP contribution in [0.1, 0.15) is 47.0 Å². The van der Waals surface area contributed by atoms with Gasteiger partial charge in [-0.3, -0.25) is 0 Å². The van der Waals surface area contributed by atoms with Gasteiger partial charge in [-0.25, -0.2) is 0 Å². The molecule has 19 heavy (non-hydrogen) atoms. The van der Waals surface area contributed by atoms with E-state index in [4.69, 9.17) is 0 Å². The van der Waals surface area contributed by atoms with Crippen LogP contribution in [0.25, 0.3) is 0 Å². The van der Waals surface area contributed by atoms with E-state index in [0.717, 1.165) is 18.3 Å². The highest BCUT2D eigenvalue weighted by molar-refractivity contribution is 5.45. The van der Waals surface area contributed by atoms with Gasteiger partial charge in [-0.1, -0.05) is 51.5 Å². The highest BCUT2D eigenvalue weighted by Crippen LogP contribution is 2.76. The number of rotatable bonds is 2. The van der Waals surface area contributed by atoms with Crippen LogP contribution in [0.3, 0.4) is 0 Å². The summed E-state index contributed by atoms with van der Waals surface area (Å²) < 4.78 is 0. The Bertz CT molecular complexity index is 445. The lowest BCUT2D eigenvalue weighted by molar-refractivity contribution is 0.107. The van der Waals surface area contributed by atoms with Crippen molar-refractivity contribution >= 4 is 0 Å². The molecule has 3 aliphatic carbocycles. The first-order valence-electron chi connectivity index (χ1n) is 7.86. The predicted octanol–water partition coefficient (Wildman–Crippen LogP) is 4.19. The van der Waals surface area contributed by atoms with Crippen LogP contribution in [-0.2, 0) is 0 Å². The highest BCUT2D eigenvalue weighted by atomic mass is 16.3. The topological polar surface area (TPSA) is 20.2 Å². The Kier molecular flexibility index (Phi) is 2.81. The summed E-state index contributed by atoms with van der Waals surface area (Å²) in [7, 11) is 0. The Hall–Kier alpha value is -0.560. The Morgan fingerprint density at radius 3 is 2.63 bits per heavy atom. The SMILES string of the molecule is C=C1C=C2C(CCO)CCC(C)C2(C)C2C1C2(C)C. The van der Waals surface area contributed by atoms with E-state index in [2.05, 4.69) is 40.3 Å². The Morgan fingerprint density at radius 1 is 1.32 bits per heavy atom. The lowest BCUT2D eigenvalue weighted by atomic mass is 9.55. The van der Waals surface area contributed by atoms with Crippen molar-refractivity contribution in [2.75, 3.05) is 6.61 Å². The molecular formula is C18H28O. The molecule has 0 saturated heterocycles. The zero-order valence-corrected chi connectivity index (χ0v) is 12.9. The van der Waals surface area contributed by atoms with E-state index >= 15 is 0 Å². The Labute approximate surface area is 117 Å². The molecule has 0 bridgehead atoms. The first kappa shape index (κ1) is 13.4. The summed E-state index contributed by atoms with van der Waals surface area (Å²) in [4.78, 5) is 0. The van der Waals surface area contributed by atoms with Crippen LogP contribution in [0.15, 0.2) is 23.8 Å². The minimum Gasteiger partial charge on any atom is -0.396 e. The highest BCUT2D eigenvalue weighted by Gasteiger charge is 2.69. The molecule has 2 fully saturated rings. The number of allylic oxidation sites excluding steroid dienone is 3. The van der Waals surface area contributed by atoms with Crippen LogP contribution in [0, 0.1) is 34.5 Å². The molecule has 0 heterocycles. The quantitative estimate of drug-likeness (QED) is 0.789. The Balaban J connectivity index is 2.04. The molecule has 1 N–H and O–H groups in total. The van der Waals surface area contributed by atoms with Crippen molar-refractivity contribution in [3.05, 3.63) is 23.8 Å². The molecule has 106 valence electrons. The summed E-state index contributed by atoms with van der Waals surface area (Å²) in [5, 5.41) is 9.35.